The number of carbonyl (C=O) groups excluding carboxylic acids is 1. The maximum Gasteiger partial charge on any atom is 0.234 e. The Hall–Kier alpha value is -0.610. The van der Waals surface area contributed by atoms with Crippen molar-refractivity contribution in [2.75, 3.05) is 19.8 Å². The number of primary amides is 1. The van der Waals surface area contributed by atoms with Gasteiger partial charge in [0.2, 0.25) is 5.91 Å². The number of carbonyl (C=O) groups is 1. The molecule has 1 aliphatic heterocycles. The highest BCUT2D eigenvalue weighted by Crippen LogP contribution is 2.15. The first-order valence-corrected chi connectivity index (χ1v) is 4.80. The number of rotatable bonds is 5. The summed E-state index contributed by atoms with van der Waals surface area (Å²) in [6.07, 6.45) is 2.21. The van der Waals surface area contributed by atoms with Crippen LogP contribution >= 0.6 is 0 Å². The first-order valence-electron chi connectivity index (χ1n) is 4.80. The first kappa shape index (κ1) is 10.5. The molecule has 1 aliphatic rings. The second-order valence-corrected chi connectivity index (χ2v) is 3.60. The fourth-order valence-corrected chi connectivity index (χ4v) is 1.42. The molecule has 76 valence electrons. The summed E-state index contributed by atoms with van der Waals surface area (Å²) in [5, 5.41) is 3.08. The van der Waals surface area contributed by atoms with Crippen molar-refractivity contribution in [2.45, 2.75) is 25.8 Å². The molecule has 0 aromatic carbocycles. The highest BCUT2D eigenvalue weighted by molar-refractivity contribution is 5.79. The number of ether oxygens (including phenoxy) is 1. The molecule has 1 rings (SSSR count). The molecule has 1 saturated heterocycles. The molecule has 4 nitrogen and oxygen atoms in total. The van der Waals surface area contributed by atoms with E-state index in [1.165, 1.54) is 0 Å². The van der Waals surface area contributed by atoms with Gasteiger partial charge in [-0.25, -0.2) is 0 Å². The molecule has 3 N–H and O–H groups in total. The van der Waals surface area contributed by atoms with Gasteiger partial charge < -0.3 is 15.8 Å². The third kappa shape index (κ3) is 3.74. The Morgan fingerprint density at radius 1 is 1.77 bits per heavy atom. The Morgan fingerprint density at radius 2 is 2.54 bits per heavy atom. The van der Waals surface area contributed by atoms with Gasteiger partial charge >= 0.3 is 0 Å². The highest BCUT2D eigenvalue weighted by atomic mass is 16.5. The van der Waals surface area contributed by atoms with Crippen molar-refractivity contribution >= 4 is 5.91 Å². The zero-order valence-corrected chi connectivity index (χ0v) is 8.08. The lowest BCUT2D eigenvalue weighted by atomic mass is 10.1. The number of nitrogens with two attached hydrogens (primary N) is 1. The number of hydrogen-bond acceptors (Lipinski definition) is 3. The molecule has 0 aliphatic carbocycles. The summed E-state index contributed by atoms with van der Waals surface area (Å²) in [7, 11) is 0. The minimum absolute atomic E-state index is 0.220. The fourth-order valence-electron chi connectivity index (χ4n) is 1.42. The molecule has 0 saturated carbocycles. The van der Waals surface area contributed by atoms with E-state index in [4.69, 9.17) is 10.5 Å². The van der Waals surface area contributed by atoms with E-state index in [0.29, 0.717) is 5.92 Å². The van der Waals surface area contributed by atoms with Gasteiger partial charge in [-0.2, -0.15) is 0 Å². The molecule has 0 bridgehead atoms. The minimum Gasteiger partial charge on any atom is -0.381 e. The third-order valence-corrected chi connectivity index (χ3v) is 2.45. The van der Waals surface area contributed by atoms with E-state index in [2.05, 4.69) is 5.32 Å². The van der Waals surface area contributed by atoms with Crippen molar-refractivity contribution < 1.29 is 9.53 Å². The van der Waals surface area contributed by atoms with Gasteiger partial charge in [0.1, 0.15) is 0 Å². The molecule has 13 heavy (non-hydrogen) atoms. The third-order valence-electron chi connectivity index (χ3n) is 2.45. The van der Waals surface area contributed by atoms with Gasteiger partial charge in [0.05, 0.1) is 6.04 Å². The SMILES string of the molecule is CC(NCCC1CCOC1)C(N)=O. The zero-order chi connectivity index (χ0) is 9.68. The fraction of sp³-hybridized carbons (Fsp3) is 0.889. The number of nitrogens with one attached hydrogen (secondary N) is 1. The van der Waals surface area contributed by atoms with Gasteiger partial charge in [-0.3, -0.25) is 4.79 Å². The molecule has 0 radical (unpaired) electrons. The molecule has 0 aromatic heterocycles. The average Bonchev–Trinajstić information content (AvgIpc) is 2.56. The smallest absolute Gasteiger partial charge is 0.234 e. The van der Waals surface area contributed by atoms with Gasteiger partial charge in [0.15, 0.2) is 0 Å². The lowest BCUT2D eigenvalue weighted by molar-refractivity contribution is -0.119. The normalized spacial score (nSPS) is 24.5. The van der Waals surface area contributed by atoms with E-state index in [-0.39, 0.29) is 11.9 Å². The monoisotopic (exact) mass is 186 g/mol. The first-order chi connectivity index (χ1) is 6.20. The maximum atomic E-state index is 10.7. The van der Waals surface area contributed by atoms with Crippen molar-refractivity contribution in [3.8, 4) is 0 Å². The van der Waals surface area contributed by atoms with Crippen LogP contribution in [0.1, 0.15) is 19.8 Å². The Bertz CT molecular complexity index is 167. The van der Waals surface area contributed by atoms with Crippen LogP contribution < -0.4 is 11.1 Å². The van der Waals surface area contributed by atoms with Crippen LogP contribution in [0.3, 0.4) is 0 Å². The predicted octanol–water partition coefficient (Wildman–Crippen LogP) is -0.124. The zero-order valence-electron chi connectivity index (χ0n) is 8.08. The molecule has 0 spiro atoms. The predicted molar refractivity (Wildman–Crippen MR) is 50.2 cm³/mol. The molecule has 1 heterocycles. The number of amides is 1. The van der Waals surface area contributed by atoms with Crippen molar-refractivity contribution in [1.82, 2.24) is 5.32 Å². The van der Waals surface area contributed by atoms with Crippen molar-refractivity contribution in [2.24, 2.45) is 11.7 Å². The Morgan fingerprint density at radius 3 is 3.08 bits per heavy atom. The summed E-state index contributed by atoms with van der Waals surface area (Å²) >= 11 is 0. The standard InChI is InChI=1S/C9H18N2O2/c1-7(9(10)12)11-4-2-8-3-5-13-6-8/h7-8,11H,2-6H2,1H3,(H2,10,12). The van der Waals surface area contributed by atoms with Crippen LogP contribution in [-0.4, -0.2) is 31.7 Å². The second-order valence-electron chi connectivity index (χ2n) is 3.60. The van der Waals surface area contributed by atoms with E-state index in [9.17, 15) is 4.79 Å². The summed E-state index contributed by atoms with van der Waals surface area (Å²) in [6.45, 7) is 4.38. The molecule has 1 fully saturated rings. The summed E-state index contributed by atoms with van der Waals surface area (Å²) in [5.74, 6) is 0.371. The summed E-state index contributed by atoms with van der Waals surface area (Å²) in [6, 6.07) is -0.220. The molecule has 1 amide bonds. The van der Waals surface area contributed by atoms with Crippen LogP contribution in [0.5, 0.6) is 0 Å². The van der Waals surface area contributed by atoms with Crippen LogP contribution in [0.25, 0.3) is 0 Å². The van der Waals surface area contributed by atoms with Crippen molar-refractivity contribution in [1.29, 1.82) is 0 Å². The molecule has 2 atom stereocenters. The Labute approximate surface area is 78.8 Å². The topological polar surface area (TPSA) is 64.3 Å². The lowest BCUT2D eigenvalue weighted by Crippen LogP contribution is -2.39. The van der Waals surface area contributed by atoms with E-state index < -0.39 is 0 Å². The van der Waals surface area contributed by atoms with Gasteiger partial charge in [-0.1, -0.05) is 0 Å². The van der Waals surface area contributed by atoms with Crippen LogP contribution in [0.2, 0.25) is 0 Å². The number of hydrogen-bond donors (Lipinski definition) is 2. The van der Waals surface area contributed by atoms with Crippen LogP contribution in [-0.2, 0) is 9.53 Å². The van der Waals surface area contributed by atoms with E-state index in [1.807, 2.05) is 0 Å². The average molecular weight is 186 g/mol. The van der Waals surface area contributed by atoms with Crippen molar-refractivity contribution in [3.05, 3.63) is 0 Å². The molecular formula is C9H18N2O2. The van der Waals surface area contributed by atoms with Crippen LogP contribution in [0.4, 0.5) is 0 Å². The quantitative estimate of drug-likeness (QED) is 0.629. The maximum absolute atomic E-state index is 10.7. The van der Waals surface area contributed by atoms with E-state index in [1.54, 1.807) is 6.92 Å². The van der Waals surface area contributed by atoms with E-state index >= 15 is 0 Å². The van der Waals surface area contributed by atoms with E-state index in [0.717, 1.165) is 32.6 Å². The molecular weight excluding hydrogens is 168 g/mol. The largest absolute Gasteiger partial charge is 0.381 e. The molecule has 2 unspecified atom stereocenters. The van der Waals surface area contributed by atoms with Gasteiger partial charge in [0.25, 0.3) is 0 Å². The Balaban J connectivity index is 2.02. The van der Waals surface area contributed by atoms with Gasteiger partial charge in [-0.05, 0) is 32.2 Å². The van der Waals surface area contributed by atoms with Gasteiger partial charge in [0, 0.05) is 13.2 Å². The van der Waals surface area contributed by atoms with Crippen LogP contribution in [0.15, 0.2) is 0 Å². The summed E-state index contributed by atoms with van der Waals surface area (Å²) < 4.78 is 5.24. The molecule has 0 aromatic rings. The van der Waals surface area contributed by atoms with Gasteiger partial charge in [-0.15, -0.1) is 0 Å². The highest BCUT2D eigenvalue weighted by Gasteiger charge is 2.15. The minimum atomic E-state index is -0.289. The second kappa shape index (κ2) is 5.19. The molecule has 4 heteroatoms. The lowest BCUT2D eigenvalue weighted by Gasteiger charge is -2.11. The summed E-state index contributed by atoms with van der Waals surface area (Å²) in [5.41, 5.74) is 5.10. The van der Waals surface area contributed by atoms with Crippen molar-refractivity contribution in [3.63, 3.8) is 0 Å². The summed E-state index contributed by atoms with van der Waals surface area (Å²) in [4.78, 5) is 10.7. The Kier molecular flexibility index (Phi) is 4.18. The van der Waals surface area contributed by atoms with Crippen LogP contribution in [0, 0.1) is 5.92 Å².